The predicted octanol–water partition coefficient (Wildman–Crippen LogP) is 1.03. The minimum absolute atomic E-state index is 0.276. The van der Waals surface area contributed by atoms with Crippen LogP contribution in [0.4, 0.5) is 5.69 Å². The van der Waals surface area contributed by atoms with Gasteiger partial charge in [0.05, 0.1) is 5.69 Å². The molecule has 1 heterocycles. The average Bonchev–Trinajstić information content (AvgIpc) is 3.01. The summed E-state index contributed by atoms with van der Waals surface area (Å²) in [6.45, 7) is 1.63. The van der Waals surface area contributed by atoms with Crippen LogP contribution in [0.25, 0.3) is 0 Å². The van der Waals surface area contributed by atoms with Crippen molar-refractivity contribution >= 4 is 17.5 Å². The molecule has 24 heavy (non-hydrogen) atoms. The molecule has 2 amide bonds. The summed E-state index contributed by atoms with van der Waals surface area (Å²) in [5.41, 5.74) is 7.65. The molecule has 3 rings (SSSR count). The number of carbonyl (C=O) groups is 2. The van der Waals surface area contributed by atoms with E-state index in [-0.39, 0.29) is 11.5 Å². The second kappa shape index (κ2) is 6.27. The Labute approximate surface area is 138 Å². The van der Waals surface area contributed by atoms with Crippen LogP contribution in [0, 0.1) is 0 Å². The number of nitrogens with one attached hydrogen (secondary N) is 1. The van der Waals surface area contributed by atoms with Gasteiger partial charge in [-0.15, -0.1) is 0 Å². The number of nitrogens with two attached hydrogens (primary N) is 1. The number of hydrogen-bond acceptors (Lipinski definition) is 4. The lowest BCUT2D eigenvalue weighted by atomic mass is 10.2. The number of aryl methyl sites for hydroxylation is 2. The largest absolute Gasteiger partial charge is 0.366 e. The van der Waals surface area contributed by atoms with Crippen molar-refractivity contribution < 1.29 is 9.59 Å². The van der Waals surface area contributed by atoms with Gasteiger partial charge in [-0.3, -0.25) is 14.4 Å². The second-order valence-corrected chi connectivity index (χ2v) is 5.86. The van der Waals surface area contributed by atoms with Crippen molar-refractivity contribution in [2.24, 2.45) is 5.73 Å². The number of carbonyl (C=O) groups excluding carboxylic acids is 2. The SMILES string of the molecule is CC(C(=O)Nc1ccc(C(N)=O)cc1)n1nc2c(cc1=O)CCC2. The third kappa shape index (κ3) is 3.05. The summed E-state index contributed by atoms with van der Waals surface area (Å²) in [4.78, 5) is 35.6. The lowest BCUT2D eigenvalue weighted by molar-refractivity contribution is -0.119. The van der Waals surface area contributed by atoms with Crippen LogP contribution in [0.5, 0.6) is 0 Å². The molecule has 3 N–H and O–H groups in total. The van der Waals surface area contributed by atoms with Crippen molar-refractivity contribution in [1.82, 2.24) is 9.78 Å². The molecular weight excluding hydrogens is 308 g/mol. The Hall–Kier alpha value is -2.96. The Morgan fingerprint density at radius 2 is 1.96 bits per heavy atom. The zero-order chi connectivity index (χ0) is 17.3. The van der Waals surface area contributed by atoms with Gasteiger partial charge in [0.1, 0.15) is 6.04 Å². The first-order valence-corrected chi connectivity index (χ1v) is 7.78. The van der Waals surface area contributed by atoms with Gasteiger partial charge in [0.2, 0.25) is 11.8 Å². The summed E-state index contributed by atoms with van der Waals surface area (Å²) in [5.74, 6) is -0.885. The standard InChI is InChI=1S/C17H18N4O3/c1-10(21-15(22)9-12-3-2-4-14(12)20-21)17(24)19-13-7-5-11(6-8-13)16(18)23/h5-10H,2-4H2,1H3,(H2,18,23)(H,19,24). The number of anilines is 1. The molecule has 7 heteroatoms. The molecular formula is C17H18N4O3. The highest BCUT2D eigenvalue weighted by Crippen LogP contribution is 2.18. The van der Waals surface area contributed by atoms with Gasteiger partial charge in [0.15, 0.2) is 0 Å². The molecule has 0 radical (unpaired) electrons. The molecule has 1 aliphatic rings. The normalized spacial score (nSPS) is 14.0. The lowest BCUT2D eigenvalue weighted by Gasteiger charge is -2.15. The van der Waals surface area contributed by atoms with Gasteiger partial charge in [-0.1, -0.05) is 0 Å². The van der Waals surface area contributed by atoms with E-state index < -0.39 is 11.9 Å². The number of hydrogen-bond donors (Lipinski definition) is 2. The quantitative estimate of drug-likeness (QED) is 0.875. The van der Waals surface area contributed by atoms with Crippen molar-refractivity contribution in [3.8, 4) is 0 Å². The van der Waals surface area contributed by atoms with E-state index in [0.717, 1.165) is 30.5 Å². The average molecular weight is 326 g/mol. The van der Waals surface area contributed by atoms with Crippen LogP contribution in [0.3, 0.4) is 0 Å². The first kappa shape index (κ1) is 15.9. The van der Waals surface area contributed by atoms with Gasteiger partial charge in [0.25, 0.3) is 5.56 Å². The van der Waals surface area contributed by atoms with E-state index in [0.29, 0.717) is 11.3 Å². The summed E-state index contributed by atoms with van der Waals surface area (Å²) in [7, 11) is 0. The van der Waals surface area contributed by atoms with Crippen LogP contribution in [-0.2, 0) is 17.6 Å². The summed E-state index contributed by atoms with van der Waals surface area (Å²) in [6.07, 6.45) is 2.68. The fraction of sp³-hybridized carbons (Fsp3) is 0.294. The summed E-state index contributed by atoms with van der Waals surface area (Å²) >= 11 is 0. The maximum absolute atomic E-state index is 12.4. The number of aromatic nitrogens is 2. The minimum atomic E-state index is -0.737. The maximum atomic E-state index is 12.4. The number of benzene rings is 1. The highest BCUT2D eigenvalue weighted by molar-refractivity contribution is 5.95. The third-order valence-corrected chi connectivity index (χ3v) is 4.17. The molecule has 7 nitrogen and oxygen atoms in total. The van der Waals surface area contributed by atoms with E-state index in [9.17, 15) is 14.4 Å². The van der Waals surface area contributed by atoms with E-state index in [1.54, 1.807) is 25.1 Å². The van der Waals surface area contributed by atoms with Gasteiger partial charge in [-0.05, 0) is 56.0 Å². The Balaban J connectivity index is 1.77. The van der Waals surface area contributed by atoms with E-state index in [1.165, 1.54) is 16.8 Å². The molecule has 0 fully saturated rings. The molecule has 1 aromatic carbocycles. The topological polar surface area (TPSA) is 107 Å². The molecule has 0 bridgehead atoms. The molecule has 1 unspecified atom stereocenters. The summed E-state index contributed by atoms with van der Waals surface area (Å²) in [5, 5.41) is 7.05. The van der Waals surface area contributed by atoms with Gasteiger partial charge in [-0.25, -0.2) is 4.68 Å². The van der Waals surface area contributed by atoms with Crippen molar-refractivity contribution in [3.63, 3.8) is 0 Å². The Morgan fingerprint density at radius 3 is 2.62 bits per heavy atom. The van der Waals surface area contributed by atoms with E-state index in [1.807, 2.05) is 0 Å². The molecule has 124 valence electrons. The van der Waals surface area contributed by atoms with Gasteiger partial charge in [0, 0.05) is 17.3 Å². The van der Waals surface area contributed by atoms with Gasteiger partial charge >= 0.3 is 0 Å². The van der Waals surface area contributed by atoms with Crippen LogP contribution in [0.15, 0.2) is 35.1 Å². The Bertz CT molecular complexity index is 855. The number of primary amides is 1. The third-order valence-electron chi connectivity index (χ3n) is 4.17. The van der Waals surface area contributed by atoms with Crippen LogP contribution < -0.4 is 16.6 Å². The van der Waals surface area contributed by atoms with Crippen LogP contribution in [0.2, 0.25) is 0 Å². The fourth-order valence-corrected chi connectivity index (χ4v) is 2.77. The van der Waals surface area contributed by atoms with Crippen LogP contribution in [-0.4, -0.2) is 21.6 Å². The zero-order valence-corrected chi connectivity index (χ0v) is 13.3. The molecule has 2 aromatic rings. The van der Waals surface area contributed by atoms with Crippen molar-refractivity contribution in [1.29, 1.82) is 0 Å². The first-order chi connectivity index (χ1) is 11.5. The maximum Gasteiger partial charge on any atom is 0.267 e. The minimum Gasteiger partial charge on any atom is -0.366 e. The summed E-state index contributed by atoms with van der Waals surface area (Å²) in [6, 6.07) is 7.07. The molecule has 1 aliphatic carbocycles. The number of rotatable bonds is 4. The van der Waals surface area contributed by atoms with Gasteiger partial charge < -0.3 is 11.1 Å². The highest BCUT2D eigenvalue weighted by Gasteiger charge is 2.21. The first-order valence-electron chi connectivity index (χ1n) is 7.78. The van der Waals surface area contributed by atoms with Crippen LogP contribution in [0.1, 0.15) is 41.0 Å². The van der Waals surface area contributed by atoms with E-state index in [4.69, 9.17) is 5.73 Å². The van der Waals surface area contributed by atoms with Crippen molar-refractivity contribution in [2.75, 3.05) is 5.32 Å². The Morgan fingerprint density at radius 1 is 1.25 bits per heavy atom. The molecule has 0 aliphatic heterocycles. The summed E-state index contributed by atoms with van der Waals surface area (Å²) < 4.78 is 1.22. The number of fused-ring (bicyclic) bond motifs is 1. The lowest BCUT2D eigenvalue weighted by Crippen LogP contribution is -2.34. The predicted molar refractivity (Wildman–Crippen MR) is 88.8 cm³/mol. The molecule has 1 atom stereocenters. The second-order valence-electron chi connectivity index (χ2n) is 5.86. The molecule has 0 saturated carbocycles. The van der Waals surface area contributed by atoms with Crippen molar-refractivity contribution in [2.45, 2.75) is 32.2 Å². The molecule has 0 saturated heterocycles. The van der Waals surface area contributed by atoms with Crippen LogP contribution >= 0.6 is 0 Å². The monoisotopic (exact) mass is 326 g/mol. The number of amides is 2. The Kier molecular flexibility index (Phi) is 4.16. The smallest absolute Gasteiger partial charge is 0.267 e. The highest BCUT2D eigenvalue weighted by atomic mass is 16.2. The van der Waals surface area contributed by atoms with Gasteiger partial charge in [-0.2, -0.15) is 5.10 Å². The zero-order valence-electron chi connectivity index (χ0n) is 13.3. The molecule has 1 aromatic heterocycles. The van der Waals surface area contributed by atoms with Crippen molar-refractivity contribution in [3.05, 3.63) is 57.5 Å². The number of nitrogens with zero attached hydrogens (tertiary/aromatic N) is 2. The van der Waals surface area contributed by atoms with E-state index in [2.05, 4.69) is 10.4 Å². The van der Waals surface area contributed by atoms with E-state index >= 15 is 0 Å². The fourth-order valence-electron chi connectivity index (χ4n) is 2.77. The molecule has 0 spiro atoms.